The van der Waals surface area contributed by atoms with Crippen LogP contribution in [0.3, 0.4) is 0 Å². The number of thiophene rings is 1. The van der Waals surface area contributed by atoms with Crippen LogP contribution in [0.5, 0.6) is 0 Å². The van der Waals surface area contributed by atoms with Gasteiger partial charge < -0.3 is 0 Å². The molecule has 3 nitrogen and oxygen atoms in total. The number of rotatable bonds is 1. The molecule has 1 aromatic carbocycles. The highest BCUT2D eigenvalue weighted by Crippen LogP contribution is 2.29. The van der Waals surface area contributed by atoms with E-state index in [1.807, 2.05) is 11.4 Å². The second-order valence-corrected chi connectivity index (χ2v) is 3.75. The minimum absolute atomic E-state index is 0.200. The van der Waals surface area contributed by atoms with E-state index in [2.05, 4.69) is 0 Å². The molecule has 13 heavy (non-hydrogen) atoms. The Morgan fingerprint density at radius 3 is 2.85 bits per heavy atom. The summed E-state index contributed by atoms with van der Waals surface area (Å²) in [7, 11) is 0. The summed E-state index contributed by atoms with van der Waals surface area (Å²) in [4.78, 5) is 10.3. The van der Waals surface area contributed by atoms with Gasteiger partial charge in [-0.1, -0.05) is 0 Å². The summed E-state index contributed by atoms with van der Waals surface area (Å²) < 4.78 is 1.10. The number of hydrogen-bond acceptors (Lipinski definition) is 3. The SMILES string of the molecule is Cc1c([N+](=O)[O-])ccc2sccc12. The lowest BCUT2D eigenvalue weighted by molar-refractivity contribution is -0.385. The first kappa shape index (κ1) is 8.19. The van der Waals surface area contributed by atoms with Crippen molar-refractivity contribution in [3.63, 3.8) is 0 Å². The van der Waals surface area contributed by atoms with Crippen LogP contribution in [0.25, 0.3) is 10.1 Å². The zero-order valence-electron chi connectivity index (χ0n) is 6.98. The maximum Gasteiger partial charge on any atom is 0.272 e. The van der Waals surface area contributed by atoms with Crippen molar-refractivity contribution in [2.45, 2.75) is 6.92 Å². The van der Waals surface area contributed by atoms with Gasteiger partial charge in [0, 0.05) is 21.7 Å². The molecule has 0 unspecified atom stereocenters. The van der Waals surface area contributed by atoms with Crippen LogP contribution in [-0.2, 0) is 0 Å². The molecule has 4 heteroatoms. The van der Waals surface area contributed by atoms with Crippen LogP contribution >= 0.6 is 11.3 Å². The van der Waals surface area contributed by atoms with E-state index in [0.29, 0.717) is 0 Å². The van der Waals surface area contributed by atoms with E-state index in [4.69, 9.17) is 0 Å². The van der Waals surface area contributed by atoms with E-state index in [-0.39, 0.29) is 10.6 Å². The molecule has 66 valence electrons. The van der Waals surface area contributed by atoms with Gasteiger partial charge in [0.15, 0.2) is 0 Å². The zero-order chi connectivity index (χ0) is 9.42. The lowest BCUT2D eigenvalue weighted by Crippen LogP contribution is -1.90. The molecule has 0 fully saturated rings. The Hall–Kier alpha value is -1.42. The number of fused-ring (bicyclic) bond motifs is 1. The highest BCUT2D eigenvalue weighted by molar-refractivity contribution is 7.17. The van der Waals surface area contributed by atoms with Crippen LogP contribution in [0.4, 0.5) is 5.69 Å². The van der Waals surface area contributed by atoms with Crippen molar-refractivity contribution in [3.8, 4) is 0 Å². The van der Waals surface area contributed by atoms with Gasteiger partial charge in [0.25, 0.3) is 5.69 Å². The largest absolute Gasteiger partial charge is 0.272 e. The quantitative estimate of drug-likeness (QED) is 0.516. The lowest BCUT2D eigenvalue weighted by atomic mass is 10.1. The fourth-order valence-corrected chi connectivity index (χ4v) is 2.22. The molecule has 0 N–H and O–H groups in total. The monoisotopic (exact) mass is 193 g/mol. The number of nitro benzene ring substituents is 1. The lowest BCUT2D eigenvalue weighted by Gasteiger charge is -1.97. The van der Waals surface area contributed by atoms with E-state index in [0.717, 1.165) is 15.6 Å². The Kier molecular flexibility index (Phi) is 1.77. The van der Waals surface area contributed by atoms with E-state index in [9.17, 15) is 10.1 Å². The van der Waals surface area contributed by atoms with Crippen molar-refractivity contribution in [1.82, 2.24) is 0 Å². The normalized spacial score (nSPS) is 10.5. The van der Waals surface area contributed by atoms with E-state index in [1.165, 1.54) is 0 Å². The molecule has 0 saturated carbocycles. The van der Waals surface area contributed by atoms with Gasteiger partial charge in [0.1, 0.15) is 0 Å². The summed E-state index contributed by atoms with van der Waals surface area (Å²) in [5.74, 6) is 0. The van der Waals surface area contributed by atoms with Crippen LogP contribution in [0.1, 0.15) is 5.56 Å². The smallest absolute Gasteiger partial charge is 0.258 e. The fourth-order valence-electron chi connectivity index (χ4n) is 1.38. The molecule has 0 atom stereocenters. The highest BCUT2D eigenvalue weighted by atomic mass is 32.1. The summed E-state index contributed by atoms with van der Waals surface area (Å²) in [5, 5.41) is 13.5. The number of aryl methyl sites for hydroxylation is 1. The van der Waals surface area contributed by atoms with Crippen molar-refractivity contribution in [1.29, 1.82) is 0 Å². The molecule has 0 aliphatic heterocycles. The maximum absolute atomic E-state index is 10.6. The average Bonchev–Trinajstić information content (AvgIpc) is 2.52. The van der Waals surface area contributed by atoms with Gasteiger partial charge in [-0.25, -0.2) is 0 Å². The van der Waals surface area contributed by atoms with Crippen molar-refractivity contribution in [3.05, 3.63) is 39.3 Å². The molecule has 0 radical (unpaired) electrons. The molecule has 0 aliphatic carbocycles. The van der Waals surface area contributed by atoms with Gasteiger partial charge >= 0.3 is 0 Å². The van der Waals surface area contributed by atoms with Gasteiger partial charge in [-0.3, -0.25) is 10.1 Å². The van der Waals surface area contributed by atoms with E-state index in [1.54, 1.807) is 30.4 Å². The second kappa shape index (κ2) is 2.81. The minimum Gasteiger partial charge on any atom is -0.258 e. The highest BCUT2D eigenvalue weighted by Gasteiger charge is 2.12. The van der Waals surface area contributed by atoms with Crippen LogP contribution < -0.4 is 0 Å². The Labute approximate surface area is 78.8 Å². The van der Waals surface area contributed by atoms with E-state index < -0.39 is 0 Å². The molecule has 0 bridgehead atoms. The molecule has 1 heterocycles. The number of benzene rings is 1. The van der Waals surface area contributed by atoms with Gasteiger partial charge in [0.2, 0.25) is 0 Å². The molecule has 0 aliphatic rings. The Balaban J connectivity index is 2.80. The van der Waals surface area contributed by atoms with Gasteiger partial charge in [-0.2, -0.15) is 0 Å². The van der Waals surface area contributed by atoms with E-state index >= 15 is 0 Å². The number of hydrogen-bond donors (Lipinski definition) is 0. The molecular formula is C9H7NO2S. The first-order valence-electron chi connectivity index (χ1n) is 3.81. The van der Waals surface area contributed by atoms with Crippen molar-refractivity contribution in [2.75, 3.05) is 0 Å². The summed E-state index contributed by atoms with van der Waals surface area (Å²) in [6.45, 7) is 1.78. The molecule has 0 spiro atoms. The second-order valence-electron chi connectivity index (χ2n) is 2.80. The third-order valence-corrected chi connectivity index (χ3v) is 2.95. The maximum atomic E-state index is 10.6. The summed E-state index contributed by atoms with van der Waals surface area (Å²) in [6.07, 6.45) is 0. The number of nitro groups is 1. The minimum atomic E-state index is -0.341. The third kappa shape index (κ3) is 1.19. The zero-order valence-corrected chi connectivity index (χ0v) is 7.80. The average molecular weight is 193 g/mol. The van der Waals surface area contributed by atoms with Gasteiger partial charge in [-0.15, -0.1) is 11.3 Å². The molecular weight excluding hydrogens is 186 g/mol. The predicted octanol–water partition coefficient (Wildman–Crippen LogP) is 3.12. The first-order chi connectivity index (χ1) is 6.20. The number of nitrogens with zero attached hydrogens (tertiary/aromatic N) is 1. The molecule has 0 amide bonds. The molecule has 0 saturated heterocycles. The van der Waals surface area contributed by atoms with Crippen LogP contribution in [-0.4, -0.2) is 4.92 Å². The van der Waals surface area contributed by atoms with Gasteiger partial charge in [0.05, 0.1) is 4.92 Å². The molecule has 2 rings (SSSR count). The Morgan fingerprint density at radius 1 is 1.38 bits per heavy atom. The predicted molar refractivity (Wildman–Crippen MR) is 53.2 cm³/mol. The fraction of sp³-hybridized carbons (Fsp3) is 0.111. The topological polar surface area (TPSA) is 43.1 Å². The molecule has 2 aromatic rings. The summed E-state index contributed by atoms with van der Waals surface area (Å²) in [5.41, 5.74) is 0.953. The summed E-state index contributed by atoms with van der Waals surface area (Å²) >= 11 is 1.60. The standard InChI is InChI=1S/C9H7NO2S/c1-6-7-4-5-13-9(7)3-2-8(6)10(11)12/h2-5H,1H3. The van der Waals surface area contributed by atoms with Gasteiger partial charge in [-0.05, 0) is 24.4 Å². The Bertz CT molecular complexity index is 475. The first-order valence-corrected chi connectivity index (χ1v) is 4.69. The van der Waals surface area contributed by atoms with Crippen molar-refractivity contribution in [2.24, 2.45) is 0 Å². The summed E-state index contributed by atoms with van der Waals surface area (Å²) in [6, 6.07) is 5.28. The third-order valence-electron chi connectivity index (χ3n) is 2.07. The van der Waals surface area contributed by atoms with Crippen LogP contribution in [0.2, 0.25) is 0 Å². The van der Waals surface area contributed by atoms with Crippen molar-refractivity contribution < 1.29 is 4.92 Å². The Morgan fingerprint density at radius 2 is 2.15 bits per heavy atom. The van der Waals surface area contributed by atoms with Crippen LogP contribution in [0, 0.1) is 17.0 Å². The van der Waals surface area contributed by atoms with Crippen molar-refractivity contribution >= 4 is 27.1 Å². The van der Waals surface area contributed by atoms with Crippen LogP contribution in [0.15, 0.2) is 23.6 Å². The molecule has 1 aromatic heterocycles.